The highest BCUT2D eigenvalue weighted by Crippen LogP contribution is 2.14. The number of hydrogen-bond donors (Lipinski definition) is 1. The number of benzene rings is 1. The summed E-state index contributed by atoms with van der Waals surface area (Å²) in [4.78, 5) is 9.32. The number of nitro groups is 1. The minimum Gasteiger partial charge on any atom is -0.398 e. The first-order valence-electron chi connectivity index (χ1n) is 3.46. The van der Waals surface area contributed by atoms with Gasteiger partial charge in [-0.3, -0.25) is 10.1 Å². The second-order valence-corrected chi connectivity index (χ2v) is 2.37. The first-order chi connectivity index (χ1) is 6.09. The largest absolute Gasteiger partial charge is 0.398 e. The summed E-state index contributed by atoms with van der Waals surface area (Å²) in [5, 5.41) is 9.95. The third-order valence-corrected chi connectivity index (χ3v) is 1.42. The van der Waals surface area contributed by atoms with Gasteiger partial charge in [0.1, 0.15) is 5.82 Å². The summed E-state index contributed by atoms with van der Waals surface area (Å²) in [6.07, 6.45) is 1.86. The Morgan fingerprint density at radius 2 is 2.23 bits per heavy atom. The van der Waals surface area contributed by atoms with Crippen LogP contribution in [0.15, 0.2) is 24.4 Å². The monoisotopic (exact) mass is 182 g/mol. The average Bonchev–Trinajstić information content (AvgIpc) is 2.06. The van der Waals surface area contributed by atoms with Crippen LogP contribution < -0.4 is 5.73 Å². The van der Waals surface area contributed by atoms with Crippen LogP contribution in [0.3, 0.4) is 0 Å². The molecule has 0 aliphatic carbocycles. The quantitative estimate of drug-likeness (QED) is 0.429. The van der Waals surface area contributed by atoms with Crippen molar-refractivity contribution in [1.29, 1.82) is 0 Å². The van der Waals surface area contributed by atoms with Gasteiger partial charge in [-0.2, -0.15) is 0 Å². The molecule has 0 unspecified atom stereocenters. The number of nitrogens with two attached hydrogens (primary N) is 1. The molecule has 0 spiro atoms. The Labute approximate surface area is 73.6 Å². The van der Waals surface area contributed by atoms with E-state index in [0.29, 0.717) is 17.5 Å². The smallest absolute Gasteiger partial charge is 0.235 e. The summed E-state index contributed by atoms with van der Waals surface area (Å²) >= 11 is 0. The summed E-state index contributed by atoms with van der Waals surface area (Å²) in [5.74, 6) is -0.475. The van der Waals surface area contributed by atoms with E-state index < -0.39 is 10.7 Å². The van der Waals surface area contributed by atoms with E-state index in [-0.39, 0.29) is 0 Å². The first kappa shape index (κ1) is 9.18. The summed E-state index contributed by atoms with van der Waals surface area (Å²) in [7, 11) is 0. The normalized spacial score (nSPS) is 10.5. The zero-order valence-corrected chi connectivity index (χ0v) is 6.61. The van der Waals surface area contributed by atoms with Crippen molar-refractivity contribution in [1.82, 2.24) is 0 Å². The molecule has 0 saturated carbocycles. The van der Waals surface area contributed by atoms with Crippen molar-refractivity contribution in [2.45, 2.75) is 0 Å². The molecule has 0 atom stereocenters. The fraction of sp³-hybridized carbons (Fsp3) is 0. The Morgan fingerprint density at radius 1 is 1.54 bits per heavy atom. The molecule has 0 aromatic heterocycles. The van der Waals surface area contributed by atoms with E-state index in [9.17, 15) is 14.5 Å². The second-order valence-electron chi connectivity index (χ2n) is 2.37. The molecule has 0 radical (unpaired) electrons. The number of rotatable bonds is 2. The Hall–Kier alpha value is -1.91. The Morgan fingerprint density at radius 3 is 2.85 bits per heavy atom. The molecular weight excluding hydrogens is 175 g/mol. The number of halogens is 1. The topological polar surface area (TPSA) is 69.2 Å². The minimum atomic E-state index is -0.635. The zero-order chi connectivity index (χ0) is 9.84. The molecule has 1 aromatic rings. The van der Waals surface area contributed by atoms with Crippen molar-refractivity contribution in [2.75, 3.05) is 5.73 Å². The van der Waals surface area contributed by atoms with E-state index in [1.54, 1.807) is 0 Å². The van der Waals surface area contributed by atoms with Crippen LogP contribution in [0, 0.1) is 15.9 Å². The summed E-state index contributed by atoms with van der Waals surface area (Å²) in [5.41, 5.74) is 6.04. The zero-order valence-electron chi connectivity index (χ0n) is 6.61. The van der Waals surface area contributed by atoms with Gasteiger partial charge < -0.3 is 5.73 Å². The van der Waals surface area contributed by atoms with Gasteiger partial charge in [-0.15, -0.1) is 0 Å². The molecule has 0 bridgehead atoms. The van der Waals surface area contributed by atoms with Crippen LogP contribution in [-0.2, 0) is 0 Å². The van der Waals surface area contributed by atoms with Crippen LogP contribution in [0.4, 0.5) is 10.1 Å². The molecule has 0 heterocycles. The fourth-order valence-corrected chi connectivity index (χ4v) is 0.831. The molecule has 4 nitrogen and oxygen atoms in total. The van der Waals surface area contributed by atoms with Gasteiger partial charge in [0, 0.05) is 17.3 Å². The van der Waals surface area contributed by atoms with Crippen LogP contribution in [0.1, 0.15) is 5.56 Å². The summed E-state index contributed by atoms with van der Waals surface area (Å²) in [6, 6.07) is 3.68. The van der Waals surface area contributed by atoms with Crippen LogP contribution in [-0.4, -0.2) is 4.92 Å². The van der Waals surface area contributed by atoms with Crippen LogP contribution >= 0.6 is 0 Å². The standard InChI is InChI=1S/C8H7FN2O2/c9-7-1-2-8(10)6(5-7)3-4-11(12)13/h1-5H,10H2/b4-3+. The van der Waals surface area contributed by atoms with Crippen LogP contribution in [0.25, 0.3) is 6.08 Å². The van der Waals surface area contributed by atoms with Gasteiger partial charge in [0.15, 0.2) is 0 Å². The third-order valence-electron chi connectivity index (χ3n) is 1.42. The molecule has 5 heteroatoms. The van der Waals surface area contributed by atoms with Gasteiger partial charge in [0.25, 0.3) is 0 Å². The molecule has 0 fully saturated rings. The van der Waals surface area contributed by atoms with Crippen molar-refractivity contribution in [2.24, 2.45) is 0 Å². The molecule has 1 aromatic carbocycles. The van der Waals surface area contributed by atoms with Crippen LogP contribution in [0.5, 0.6) is 0 Å². The number of hydrogen-bond acceptors (Lipinski definition) is 3. The van der Waals surface area contributed by atoms with Crippen molar-refractivity contribution in [3.05, 3.63) is 45.9 Å². The lowest BCUT2D eigenvalue weighted by Gasteiger charge is -1.97. The van der Waals surface area contributed by atoms with E-state index >= 15 is 0 Å². The van der Waals surface area contributed by atoms with Gasteiger partial charge in [-0.05, 0) is 18.2 Å². The fourth-order valence-electron chi connectivity index (χ4n) is 0.831. The van der Waals surface area contributed by atoms with E-state index in [4.69, 9.17) is 5.73 Å². The molecule has 2 N–H and O–H groups in total. The highest BCUT2D eigenvalue weighted by atomic mass is 19.1. The van der Waals surface area contributed by atoms with Gasteiger partial charge in [-0.1, -0.05) is 0 Å². The SMILES string of the molecule is Nc1ccc(F)cc1/C=C/[N+](=O)[O-]. The molecule has 1 rings (SSSR count). The lowest BCUT2D eigenvalue weighted by Crippen LogP contribution is -1.91. The lowest BCUT2D eigenvalue weighted by atomic mass is 10.2. The number of nitrogen functional groups attached to an aromatic ring is 1. The lowest BCUT2D eigenvalue weighted by molar-refractivity contribution is -0.400. The Balaban J connectivity index is 3.00. The van der Waals surface area contributed by atoms with Gasteiger partial charge in [0.05, 0.1) is 4.92 Å². The number of anilines is 1. The van der Waals surface area contributed by atoms with E-state index in [1.165, 1.54) is 12.1 Å². The van der Waals surface area contributed by atoms with Gasteiger partial charge in [0.2, 0.25) is 6.20 Å². The Kier molecular flexibility index (Phi) is 2.59. The molecule has 13 heavy (non-hydrogen) atoms. The molecule has 0 amide bonds. The predicted octanol–water partition coefficient (Wildman–Crippen LogP) is 1.66. The van der Waals surface area contributed by atoms with E-state index in [2.05, 4.69) is 0 Å². The average molecular weight is 182 g/mol. The van der Waals surface area contributed by atoms with Crippen molar-refractivity contribution in [3.63, 3.8) is 0 Å². The van der Waals surface area contributed by atoms with Crippen molar-refractivity contribution in [3.8, 4) is 0 Å². The molecule has 0 saturated heterocycles. The van der Waals surface area contributed by atoms with E-state index in [1.807, 2.05) is 0 Å². The maximum Gasteiger partial charge on any atom is 0.235 e. The summed E-state index contributed by atoms with van der Waals surface area (Å²) in [6.45, 7) is 0. The maximum atomic E-state index is 12.6. The minimum absolute atomic E-state index is 0.303. The second kappa shape index (κ2) is 3.66. The van der Waals surface area contributed by atoms with Gasteiger partial charge >= 0.3 is 0 Å². The van der Waals surface area contributed by atoms with Crippen molar-refractivity contribution < 1.29 is 9.31 Å². The highest BCUT2D eigenvalue weighted by Gasteiger charge is 1.98. The number of nitrogens with zero attached hydrogens (tertiary/aromatic N) is 1. The van der Waals surface area contributed by atoms with E-state index in [0.717, 1.165) is 12.1 Å². The molecule has 0 aliphatic rings. The highest BCUT2D eigenvalue weighted by molar-refractivity contribution is 5.63. The van der Waals surface area contributed by atoms with Crippen LogP contribution in [0.2, 0.25) is 0 Å². The molecule has 68 valence electrons. The molecule has 0 aliphatic heterocycles. The predicted molar refractivity (Wildman–Crippen MR) is 46.8 cm³/mol. The first-order valence-corrected chi connectivity index (χ1v) is 3.46. The van der Waals surface area contributed by atoms with Crippen molar-refractivity contribution >= 4 is 11.8 Å². The third kappa shape index (κ3) is 2.55. The summed E-state index contributed by atoms with van der Waals surface area (Å²) < 4.78 is 12.6. The maximum absolute atomic E-state index is 12.6. The molecular formula is C8H7FN2O2. The Bertz CT molecular complexity index is 363. The van der Waals surface area contributed by atoms with Gasteiger partial charge in [-0.25, -0.2) is 4.39 Å².